The topological polar surface area (TPSA) is 51.6 Å². The number of rotatable bonds is 4. The molecule has 0 radical (unpaired) electrons. The van der Waals surface area contributed by atoms with Crippen molar-refractivity contribution in [3.63, 3.8) is 0 Å². The molecule has 0 amide bonds. The summed E-state index contributed by atoms with van der Waals surface area (Å²) in [7, 11) is 0. The Morgan fingerprint density at radius 2 is 1.96 bits per heavy atom. The van der Waals surface area contributed by atoms with Crippen LogP contribution in [0, 0.1) is 11.3 Å². The van der Waals surface area contributed by atoms with Gasteiger partial charge in [-0.25, -0.2) is 0 Å². The highest BCUT2D eigenvalue weighted by Crippen LogP contribution is 2.36. The Bertz CT molecular complexity index is 1090. The second-order valence-electron chi connectivity index (χ2n) is 8.13. The highest BCUT2D eigenvalue weighted by molar-refractivity contribution is 5.82. The van der Waals surface area contributed by atoms with Gasteiger partial charge in [-0.05, 0) is 65.2 Å². The van der Waals surface area contributed by atoms with Crippen molar-refractivity contribution in [1.82, 2.24) is 10.3 Å². The van der Waals surface area contributed by atoms with Gasteiger partial charge >= 0.3 is 0 Å². The molecular weight excluding hydrogens is 342 g/mol. The maximum absolute atomic E-state index is 9.17. The molecule has 0 saturated carbocycles. The number of nitriles is 1. The second-order valence-corrected chi connectivity index (χ2v) is 8.13. The smallest absolute Gasteiger partial charge is 0.0992 e. The Morgan fingerprint density at radius 1 is 1.11 bits per heavy atom. The van der Waals surface area contributed by atoms with Crippen LogP contribution in [0.15, 0.2) is 48.5 Å². The number of benzene rings is 2. The van der Waals surface area contributed by atoms with Gasteiger partial charge in [-0.2, -0.15) is 5.26 Å². The van der Waals surface area contributed by atoms with Gasteiger partial charge in [0.15, 0.2) is 0 Å². The molecule has 0 atom stereocenters. The average Bonchev–Trinajstić information content (AvgIpc) is 3.18. The molecule has 2 aromatic carbocycles. The molecule has 0 saturated heterocycles. The maximum atomic E-state index is 9.17. The van der Waals surface area contributed by atoms with E-state index in [1.165, 1.54) is 28.0 Å². The molecule has 1 aromatic heterocycles. The Labute approximate surface area is 167 Å². The van der Waals surface area contributed by atoms with Gasteiger partial charge < -0.3 is 10.3 Å². The van der Waals surface area contributed by atoms with Crippen LogP contribution in [0.4, 0.5) is 0 Å². The Balaban J connectivity index is 1.79. The summed E-state index contributed by atoms with van der Waals surface area (Å²) in [6, 6.07) is 17.2. The molecule has 142 valence electrons. The minimum absolute atomic E-state index is 0.152. The van der Waals surface area contributed by atoms with Crippen molar-refractivity contribution in [2.45, 2.75) is 39.0 Å². The molecule has 2 N–H and O–H groups in total. The minimum Gasteiger partial charge on any atom is -0.358 e. The van der Waals surface area contributed by atoms with Crippen molar-refractivity contribution in [3.05, 3.63) is 76.5 Å². The number of nitrogens with one attached hydrogen (secondary N) is 2. The van der Waals surface area contributed by atoms with Gasteiger partial charge in [-0.15, -0.1) is 0 Å². The van der Waals surface area contributed by atoms with E-state index in [9.17, 15) is 5.26 Å². The summed E-state index contributed by atoms with van der Waals surface area (Å²) in [4.78, 5) is 3.56. The number of hydrogen-bond donors (Lipinski definition) is 2. The van der Waals surface area contributed by atoms with Gasteiger partial charge in [-0.3, -0.25) is 0 Å². The Hall–Kier alpha value is -2.83. The zero-order valence-electron chi connectivity index (χ0n) is 16.9. The largest absolute Gasteiger partial charge is 0.358 e. The third-order valence-corrected chi connectivity index (χ3v) is 6.05. The van der Waals surface area contributed by atoms with Crippen molar-refractivity contribution >= 4 is 16.5 Å². The van der Waals surface area contributed by atoms with Crippen molar-refractivity contribution in [2.75, 3.05) is 13.1 Å². The Morgan fingerprint density at radius 3 is 2.68 bits per heavy atom. The standard InChI is InChI=1S/C25H27N3/c1-4-18-7-8-21(15-22(18)19-9-11-27-12-10-19)25(2,3)24-14-20-6-5-17(16-26)13-23(20)28-24/h5-9,13-15,27-28H,4,10-12H2,1-3H3. The summed E-state index contributed by atoms with van der Waals surface area (Å²) in [6.07, 6.45) is 4.46. The number of aromatic amines is 1. The van der Waals surface area contributed by atoms with Crippen LogP contribution >= 0.6 is 0 Å². The van der Waals surface area contributed by atoms with E-state index < -0.39 is 0 Å². The molecule has 28 heavy (non-hydrogen) atoms. The van der Waals surface area contributed by atoms with Crippen LogP contribution in [0.3, 0.4) is 0 Å². The van der Waals surface area contributed by atoms with Crippen LogP contribution < -0.4 is 5.32 Å². The molecule has 0 aliphatic carbocycles. The van der Waals surface area contributed by atoms with Crippen molar-refractivity contribution in [2.24, 2.45) is 0 Å². The Kier molecular flexibility index (Phi) is 4.83. The second kappa shape index (κ2) is 7.30. The highest BCUT2D eigenvalue weighted by Gasteiger charge is 2.26. The van der Waals surface area contributed by atoms with E-state index in [2.05, 4.69) is 67.5 Å². The van der Waals surface area contributed by atoms with E-state index in [0.29, 0.717) is 5.56 Å². The molecule has 0 spiro atoms. The third-order valence-electron chi connectivity index (χ3n) is 6.05. The summed E-state index contributed by atoms with van der Waals surface area (Å²) >= 11 is 0. The molecule has 2 heterocycles. The lowest BCUT2D eigenvalue weighted by Gasteiger charge is -2.27. The summed E-state index contributed by atoms with van der Waals surface area (Å²) in [5, 5.41) is 13.7. The number of H-pyrrole nitrogens is 1. The van der Waals surface area contributed by atoms with E-state index >= 15 is 0 Å². The van der Waals surface area contributed by atoms with Gasteiger partial charge in [0.2, 0.25) is 0 Å². The van der Waals surface area contributed by atoms with Crippen LogP contribution in [-0.2, 0) is 11.8 Å². The van der Waals surface area contributed by atoms with E-state index in [0.717, 1.165) is 36.8 Å². The first-order valence-corrected chi connectivity index (χ1v) is 10.1. The van der Waals surface area contributed by atoms with E-state index in [-0.39, 0.29) is 5.41 Å². The molecule has 3 aromatic rings. The first-order chi connectivity index (χ1) is 13.5. The fourth-order valence-electron chi connectivity index (χ4n) is 4.13. The number of fused-ring (bicyclic) bond motifs is 1. The van der Waals surface area contributed by atoms with Crippen LogP contribution in [0.5, 0.6) is 0 Å². The van der Waals surface area contributed by atoms with Crippen molar-refractivity contribution < 1.29 is 0 Å². The fourth-order valence-corrected chi connectivity index (χ4v) is 4.13. The van der Waals surface area contributed by atoms with E-state index in [1.54, 1.807) is 0 Å². The van der Waals surface area contributed by atoms with Gasteiger partial charge in [-0.1, -0.05) is 51.1 Å². The molecular formula is C25H27N3. The van der Waals surface area contributed by atoms with Crippen LogP contribution in [-0.4, -0.2) is 18.1 Å². The predicted octanol–water partition coefficient (Wildman–Crippen LogP) is 5.30. The van der Waals surface area contributed by atoms with E-state index in [1.807, 2.05) is 18.2 Å². The van der Waals surface area contributed by atoms with E-state index in [4.69, 9.17) is 0 Å². The maximum Gasteiger partial charge on any atom is 0.0992 e. The first-order valence-electron chi connectivity index (χ1n) is 10.1. The lowest BCUT2D eigenvalue weighted by molar-refractivity contribution is 0.622. The number of hydrogen-bond acceptors (Lipinski definition) is 2. The molecule has 3 nitrogen and oxygen atoms in total. The molecule has 0 bridgehead atoms. The van der Waals surface area contributed by atoms with Gasteiger partial charge in [0.05, 0.1) is 11.6 Å². The van der Waals surface area contributed by atoms with Gasteiger partial charge in [0.1, 0.15) is 0 Å². The number of aromatic nitrogens is 1. The SMILES string of the molecule is CCc1ccc(C(C)(C)c2cc3ccc(C#N)cc3[nH]2)cc1C1=CCNCC1. The zero-order valence-corrected chi connectivity index (χ0v) is 16.9. The zero-order chi connectivity index (χ0) is 19.7. The summed E-state index contributed by atoms with van der Waals surface area (Å²) in [6.45, 7) is 8.77. The quantitative estimate of drug-likeness (QED) is 0.655. The fraction of sp³-hybridized carbons (Fsp3) is 0.320. The normalized spacial score (nSPS) is 14.7. The van der Waals surface area contributed by atoms with Crippen LogP contribution in [0.2, 0.25) is 0 Å². The molecule has 1 aliphatic heterocycles. The average molecular weight is 370 g/mol. The van der Waals surface area contributed by atoms with Gasteiger partial charge in [0, 0.05) is 23.2 Å². The van der Waals surface area contributed by atoms with Crippen LogP contribution in [0.25, 0.3) is 16.5 Å². The molecule has 0 fully saturated rings. The lowest BCUT2D eigenvalue weighted by atomic mass is 9.79. The molecule has 3 heteroatoms. The lowest BCUT2D eigenvalue weighted by Crippen LogP contribution is -2.22. The summed E-state index contributed by atoms with van der Waals surface area (Å²) in [5.41, 5.74) is 8.32. The monoisotopic (exact) mass is 369 g/mol. The predicted molar refractivity (Wildman–Crippen MR) is 116 cm³/mol. The van der Waals surface area contributed by atoms with Crippen molar-refractivity contribution in [1.29, 1.82) is 5.26 Å². The van der Waals surface area contributed by atoms with Crippen LogP contribution in [0.1, 0.15) is 55.1 Å². The third kappa shape index (κ3) is 3.25. The molecule has 1 aliphatic rings. The summed E-state index contributed by atoms with van der Waals surface area (Å²) < 4.78 is 0. The van der Waals surface area contributed by atoms with Crippen molar-refractivity contribution in [3.8, 4) is 6.07 Å². The number of nitrogens with zero attached hydrogens (tertiary/aromatic N) is 1. The highest BCUT2D eigenvalue weighted by atomic mass is 14.8. The first kappa shape index (κ1) is 18.5. The van der Waals surface area contributed by atoms with Gasteiger partial charge in [0.25, 0.3) is 0 Å². The summed E-state index contributed by atoms with van der Waals surface area (Å²) in [5.74, 6) is 0. The minimum atomic E-state index is -0.152. The molecule has 0 unspecified atom stereocenters. The molecule has 4 rings (SSSR count). The number of aryl methyl sites for hydroxylation is 1.